The van der Waals surface area contributed by atoms with Crippen LogP contribution >= 0.6 is 31.9 Å². The largest absolute Gasteiger partial charge is 0.299 e. The van der Waals surface area contributed by atoms with Crippen LogP contribution in [0.3, 0.4) is 0 Å². The molecule has 1 aromatic heterocycles. The predicted octanol–water partition coefficient (Wildman–Crippen LogP) is 4.68. The smallest absolute Gasteiger partial charge is 0.100 e. The van der Waals surface area contributed by atoms with E-state index in [-0.39, 0.29) is 0 Å². The molecular formula is C14H10Br2N2. The molecule has 18 heavy (non-hydrogen) atoms. The molecule has 0 saturated carbocycles. The second-order valence-electron chi connectivity index (χ2n) is 4.01. The Bertz CT molecular complexity index is 704. The molecule has 2 nitrogen and oxygen atoms in total. The summed E-state index contributed by atoms with van der Waals surface area (Å²) in [4.78, 5) is 4.41. The van der Waals surface area contributed by atoms with Crippen molar-refractivity contribution in [2.75, 3.05) is 0 Å². The molecule has 4 heteroatoms. The number of hydrogen-bond acceptors (Lipinski definition) is 1. The molecule has 0 radical (unpaired) electrons. The Morgan fingerprint density at radius 1 is 1.11 bits per heavy atom. The van der Waals surface area contributed by atoms with Crippen LogP contribution in [0.25, 0.3) is 16.7 Å². The molecule has 0 N–H and O–H groups in total. The number of alkyl halides is 1. The average Bonchev–Trinajstić information content (AvgIpc) is 2.82. The number of para-hydroxylation sites is 2. The lowest BCUT2D eigenvalue weighted by Crippen LogP contribution is -1.93. The van der Waals surface area contributed by atoms with E-state index in [1.165, 1.54) is 5.56 Å². The van der Waals surface area contributed by atoms with Crippen molar-refractivity contribution in [2.45, 2.75) is 5.33 Å². The Labute approximate surface area is 122 Å². The number of hydrogen-bond donors (Lipinski definition) is 0. The van der Waals surface area contributed by atoms with Gasteiger partial charge in [-0.1, -0.05) is 50.1 Å². The summed E-state index contributed by atoms with van der Waals surface area (Å²) < 4.78 is 3.20. The maximum atomic E-state index is 4.41. The summed E-state index contributed by atoms with van der Waals surface area (Å²) in [6, 6.07) is 14.5. The molecule has 0 saturated heterocycles. The van der Waals surface area contributed by atoms with E-state index in [4.69, 9.17) is 0 Å². The van der Waals surface area contributed by atoms with E-state index in [9.17, 15) is 0 Å². The van der Waals surface area contributed by atoms with Crippen LogP contribution in [0.5, 0.6) is 0 Å². The Morgan fingerprint density at radius 3 is 2.72 bits per heavy atom. The van der Waals surface area contributed by atoms with E-state index in [1.807, 2.05) is 24.5 Å². The summed E-state index contributed by atoms with van der Waals surface area (Å²) in [5, 5.41) is 0.846. The fourth-order valence-corrected chi connectivity index (χ4v) is 3.33. The first kappa shape index (κ1) is 11.9. The first-order valence-corrected chi connectivity index (χ1v) is 7.48. The first-order chi connectivity index (χ1) is 8.79. The Morgan fingerprint density at radius 2 is 1.94 bits per heavy atom. The van der Waals surface area contributed by atoms with E-state index in [0.29, 0.717) is 0 Å². The topological polar surface area (TPSA) is 17.8 Å². The van der Waals surface area contributed by atoms with E-state index >= 15 is 0 Å². The van der Waals surface area contributed by atoms with Gasteiger partial charge in [0.25, 0.3) is 0 Å². The highest BCUT2D eigenvalue weighted by atomic mass is 79.9. The summed E-state index contributed by atoms with van der Waals surface area (Å²) in [6.07, 6.45) is 1.86. The van der Waals surface area contributed by atoms with E-state index in [1.54, 1.807) is 0 Å². The van der Waals surface area contributed by atoms with Gasteiger partial charge < -0.3 is 0 Å². The molecule has 2 aromatic carbocycles. The van der Waals surface area contributed by atoms with Gasteiger partial charge in [0.2, 0.25) is 0 Å². The molecule has 0 amide bonds. The van der Waals surface area contributed by atoms with Crippen LogP contribution in [-0.2, 0) is 5.33 Å². The molecule has 0 atom stereocenters. The third-order valence-corrected chi connectivity index (χ3v) is 4.25. The maximum Gasteiger partial charge on any atom is 0.100 e. The lowest BCUT2D eigenvalue weighted by Gasteiger charge is -2.07. The van der Waals surface area contributed by atoms with Crippen molar-refractivity contribution < 1.29 is 0 Å². The highest BCUT2D eigenvalue weighted by Gasteiger charge is 2.05. The summed E-state index contributed by atoms with van der Waals surface area (Å²) in [7, 11) is 0. The molecule has 0 bridgehead atoms. The molecule has 90 valence electrons. The molecule has 3 aromatic rings. The zero-order valence-electron chi connectivity index (χ0n) is 9.48. The fourth-order valence-electron chi connectivity index (χ4n) is 1.96. The number of halogens is 2. The predicted molar refractivity (Wildman–Crippen MR) is 81.4 cm³/mol. The number of nitrogens with zero attached hydrogens (tertiary/aromatic N) is 2. The van der Waals surface area contributed by atoms with E-state index in [0.717, 1.165) is 26.5 Å². The quantitative estimate of drug-likeness (QED) is 0.602. The molecule has 0 aliphatic rings. The first-order valence-electron chi connectivity index (χ1n) is 5.56. The minimum Gasteiger partial charge on any atom is -0.299 e. The fraction of sp³-hybridized carbons (Fsp3) is 0.0714. The highest BCUT2D eigenvalue weighted by Crippen LogP contribution is 2.25. The lowest BCUT2D eigenvalue weighted by molar-refractivity contribution is 1.09. The van der Waals surface area contributed by atoms with Gasteiger partial charge in [0.15, 0.2) is 0 Å². The molecule has 3 rings (SSSR count). The van der Waals surface area contributed by atoms with Gasteiger partial charge in [0.05, 0.1) is 11.0 Å². The summed E-state index contributed by atoms with van der Waals surface area (Å²) in [5.41, 5.74) is 4.48. The minimum atomic E-state index is 0.846. The van der Waals surface area contributed by atoms with Gasteiger partial charge in [-0.05, 0) is 29.8 Å². The van der Waals surface area contributed by atoms with Gasteiger partial charge in [-0.3, -0.25) is 4.57 Å². The van der Waals surface area contributed by atoms with Crippen molar-refractivity contribution in [3.05, 3.63) is 58.8 Å². The molecule has 1 heterocycles. The molecule has 0 aliphatic heterocycles. The third-order valence-electron chi connectivity index (χ3n) is 2.91. The van der Waals surface area contributed by atoms with Gasteiger partial charge in [0.1, 0.15) is 6.33 Å². The zero-order valence-corrected chi connectivity index (χ0v) is 12.6. The van der Waals surface area contributed by atoms with Crippen LogP contribution in [0, 0.1) is 0 Å². The number of benzene rings is 2. The average molecular weight is 366 g/mol. The van der Waals surface area contributed by atoms with Crippen molar-refractivity contribution in [2.24, 2.45) is 0 Å². The van der Waals surface area contributed by atoms with Crippen LogP contribution in [0.1, 0.15) is 5.56 Å². The summed E-state index contributed by atoms with van der Waals surface area (Å²) in [6.45, 7) is 0. The molecule has 0 aliphatic carbocycles. The van der Waals surface area contributed by atoms with Gasteiger partial charge in [0, 0.05) is 15.5 Å². The lowest BCUT2D eigenvalue weighted by atomic mass is 10.2. The normalized spacial score (nSPS) is 11.0. The number of aromatic nitrogens is 2. The zero-order chi connectivity index (χ0) is 12.5. The Hall–Kier alpha value is -1.13. The van der Waals surface area contributed by atoms with Crippen molar-refractivity contribution >= 4 is 42.9 Å². The molecular weight excluding hydrogens is 356 g/mol. The summed E-state index contributed by atoms with van der Waals surface area (Å²) in [5.74, 6) is 0. The van der Waals surface area contributed by atoms with Crippen LogP contribution < -0.4 is 0 Å². The second kappa shape index (κ2) is 4.86. The highest BCUT2D eigenvalue weighted by molar-refractivity contribution is 9.10. The SMILES string of the molecule is BrCc1ccc(-n2cnc3ccccc32)cc1Br. The standard InChI is InChI=1S/C14H10Br2N2/c15-8-10-5-6-11(7-12(10)16)18-9-17-13-3-1-2-4-14(13)18/h1-7,9H,8H2. The number of rotatable bonds is 2. The van der Waals surface area contributed by atoms with E-state index in [2.05, 4.69) is 65.7 Å². The minimum absolute atomic E-state index is 0.846. The van der Waals surface area contributed by atoms with Crippen LogP contribution in [0.4, 0.5) is 0 Å². The van der Waals surface area contributed by atoms with E-state index < -0.39 is 0 Å². The van der Waals surface area contributed by atoms with Crippen LogP contribution in [-0.4, -0.2) is 9.55 Å². The molecule has 0 fully saturated rings. The Balaban J connectivity index is 2.17. The number of imidazole rings is 1. The number of fused-ring (bicyclic) bond motifs is 1. The van der Waals surface area contributed by atoms with Gasteiger partial charge in [-0.15, -0.1) is 0 Å². The van der Waals surface area contributed by atoms with Gasteiger partial charge in [-0.2, -0.15) is 0 Å². The van der Waals surface area contributed by atoms with Gasteiger partial charge in [-0.25, -0.2) is 4.98 Å². The van der Waals surface area contributed by atoms with Gasteiger partial charge >= 0.3 is 0 Å². The molecule has 0 spiro atoms. The van der Waals surface area contributed by atoms with Crippen molar-refractivity contribution in [3.8, 4) is 5.69 Å². The molecule has 0 unspecified atom stereocenters. The summed E-state index contributed by atoms with van der Waals surface area (Å²) >= 11 is 7.07. The van der Waals surface area contributed by atoms with Crippen molar-refractivity contribution in [1.29, 1.82) is 0 Å². The monoisotopic (exact) mass is 364 g/mol. The third kappa shape index (κ3) is 1.99. The van der Waals surface area contributed by atoms with Crippen molar-refractivity contribution in [1.82, 2.24) is 9.55 Å². The van der Waals surface area contributed by atoms with Crippen LogP contribution in [0.2, 0.25) is 0 Å². The second-order valence-corrected chi connectivity index (χ2v) is 5.43. The van der Waals surface area contributed by atoms with Crippen molar-refractivity contribution in [3.63, 3.8) is 0 Å². The maximum absolute atomic E-state index is 4.41. The Kier molecular flexibility index (Phi) is 3.22. The van der Waals surface area contributed by atoms with Crippen LogP contribution in [0.15, 0.2) is 53.3 Å².